The van der Waals surface area contributed by atoms with Crippen molar-refractivity contribution in [3.63, 3.8) is 0 Å². The van der Waals surface area contributed by atoms with Gasteiger partial charge in [-0.3, -0.25) is 4.79 Å². The Morgan fingerprint density at radius 3 is 2.42 bits per heavy atom. The molecule has 2 N–H and O–H groups in total. The average molecular weight is 419 g/mol. The van der Waals surface area contributed by atoms with Crippen molar-refractivity contribution in [3.8, 4) is 34.5 Å². The van der Waals surface area contributed by atoms with Crippen LogP contribution < -0.4 is 15.2 Å². The minimum absolute atomic E-state index is 0.181. The molecule has 2 aromatic carbocycles. The van der Waals surface area contributed by atoms with Crippen LogP contribution in [0.25, 0.3) is 23.0 Å². The first-order chi connectivity index (χ1) is 15.0. The van der Waals surface area contributed by atoms with Crippen LogP contribution in [0.4, 0.5) is 0 Å². The first-order valence-corrected chi connectivity index (χ1v) is 9.62. The van der Waals surface area contributed by atoms with Gasteiger partial charge in [0.05, 0.1) is 0 Å². The van der Waals surface area contributed by atoms with Crippen molar-refractivity contribution in [1.29, 1.82) is 0 Å². The number of amides is 1. The summed E-state index contributed by atoms with van der Waals surface area (Å²) < 4.78 is 22.2. The van der Waals surface area contributed by atoms with Gasteiger partial charge >= 0.3 is 0 Å². The third-order valence-electron chi connectivity index (χ3n) is 4.37. The number of furan rings is 1. The van der Waals surface area contributed by atoms with Crippen LogP contribution in [0.5, 0.6) is 11.5 Å². The van der Waals surface area contributed by atoms with E-state index in [2.05, 4.69) is 16.2 Å². The second-order valence-electron chi connectivity index (χ2n) is 7.08. The fraction of sp³-hybridized carbons (Fsp3) is 0.174. The van der Waals surface area contributed by atoms with Gasteiger partial charge in [-0.25, -0.2) is 0 Å². The highest BCUT2D eigenvalue weighted by Crippen LogP contribution is 2.26. The highest BCUT2D eigenvalue weighted by molar-refractivity contribution is 5.75. The quantitative estimate of drug-likeness (QED) is 0.458. The minimum atomic E-state index is -0.538. The Labute approximate surface area is 178 Å². The van der Waals surface area contributed by atoms with Crippen LogP contribution in [0.2, 0.25) is 0 Å². The number of aromatic nitrogens is 2. The molecule has 0 spiro atoms. The maximum absolute atomic E-state index is 10.8. The summed E-state index contributed by atoms with van der Waals surface area (Å²) in [5.74, 6) is 2.54. The van der Waals surface area contributed by atoms with E-state index in [0.717, 1.165) is 22.4 Å². The van der Waals surface area contributed by atoms with Crippen LogP contribution in [-0.2, 0) is 11.4 Å². The number of aryl methyl sites for hydroxylation is 2. The number of nitrogens with two attached hydrogens (primary N) is 1. The number of carbonyl (C=O) groups is 1. The topological polar surface area (TPSA) is 114 Å². The Bertz CT molecular complexity index is 1170. The number of rotatable bonds is 8. The Morgan fingerprint density at radius 1 is 0.968 bits per heavy atom. The monoisotopic (exact) mass is 419 g/mol. The first-order valence-electron chi connectivity index (χ1n) is 9.62. The summed E-state index contributed by atoms with van der Waals surface area (Å²) in [5, 5.41) is 4.00. The van der Waals surface area contributed by atoms with Gasteiger partial charge in [0.2, 0.25) is 5.82 Å². The van der Waals surface area contributed by atoms with E-state index >= 15 is 0 Å². The maximum atomic E-state index is 10.8. The third kappa shape index (κ3) is 5.11. The summed E-state index contributed by atoms with van der Waals surface area (Å²) in [4.78, 5) is 15.2. The molecule has 0 saturated heterocycles. The molecule has 0 radical (unpaired) electrons. The molecule has 0 saturated carbocycles. The highest BCUT2D eigenvalue weighted by Gasteiger charge is 2.15. The van der Waals surface area contributed by atoms with Gasteiger partial charge in [-0.1, -0.05) is 11.2 Å². The summed E-state index contributed by atoms with van der Waals surface area (Å²) in [6, 6.07) is 16.5. The highest BCUT2D eigenvalue weighted by atomic mass is 16.5. The molecule has 2 heterocycles. The third-order valence-corrected chi connectivity index (χ3v) is 4.37. The van der Waals surface area contributed by atoms with E-state index in [0.29, 0.717) is 23.1 Å². The van der Waals surface area contributed by atoms with E-state index in [4.69, 9.17) is 24.1 Å². The fourth-order valence-corrected chi connectivity index (χ4v) is 3.04. The molecule has 0 aliphatic heterocycles. The van der Waals surface area contributed by atoms with Crippen molar-refractivity contribution in [2.45, 2.75) is 20.5 Å². The largest absolute Gasteiger partial charge is 0.486 e. The second-order valence-corrected chi connectivity index (χ2v) is 7.08. The summed E-state index contributed by atoms with van der Waals surface area (Å²) in [7, 11) is 0. The van der Waals surface area contributed by atoms with Gasteiger partial charge in [-0.15, -0.1) is 0 Å². The lowest BCUT2D eigenvalue weighted by atomic mass is 10.1. The van der Waals surface area contributed by atoms with Crippen LogP contribution in [0.3, 0.4) is 0 Å². The Kier molecular flexibility index (Phi) is 5.70. The number of hydrogen-bond acceptors (Lipinski definition) is 7. The summed E-state index contributed by atoms with van der Waals surface area (Å²) in [6.07, 6.45) is 0. The van der Waals surface area contributed by atoms with E-state index < -0.39 is 5.91 Å². The lowest BCUT2D eigenvalue weighted by molar-refractivity contribution is -0.119. The van der Waals surface area contributed by atoms with Crippen LogP contribution >= 0.6 is 0 Å². The van der Waals surface area contributed by atoms with E-state index in [9.17, 15) is 4.79 Å². The Balaban J connectivity index is 1.41. The van der Waals surface area contributed by atoms with E-state index in [1.54, 1.807) is 30.3 Å². The van der Waals surface area contributed by atoms with Gasteiger partial charge in [-0.2, -0.15) is 4.98 Å². The molecule has 2 aromatic heterocycles. The standard InChI is InChI=1S/C23H21N3O5/c1-14-9-15(2)11-19(10-14)28-12-18-7-8-20(30-18)23-25-22(26-31-23)16-3-5-17(6-4-16)29-13-21(24)27/h3-11H,12-13H2,1-2H3,(H2,24,27). The predicted octanol–water partition coefficient (Wildman–Crippen LogP) is 4.06. The normalized spacial score (nSPS) is 10.8. The second kappa shape index (κ2) is 8.74. The van der Waals surface area contributed by atoms with Gasteiger partial charge in [0.1, 0.15) is 23.9 Å². The van der Waals surface area contributed by atoms with Gasteiger partial charge in [0.25, 0.3) is 11.8 Å². The zero-order chi connectivity index (χ0) is 21.8. The smallest absolute Gasteiger partial charge is 0.293 e. The first kappa shape index (κ1) is 20.2. The molecular weight excluding hydrogens is 398 g/mol. The molecule has 4 rings (SSSR count). The Hall–Kier alpha value is -4.07. The van der Waals surface area contributed by atoms with E-state index in [1.165, 1.54) is 0 Å². The summed E-state index contributed by atoms with van der Waals surface area (Å²) >= 11 is 0. The van der Waals surface area contributed by atoms with Gasteiger partial charge in [0, 0.05) is 5.56 Å². The van der Waals surface area contributed by atoms with Gasteiger partial charge < -0.3 is 24.1 Å². The maximum Gasteiger partial charge on any atom is 0.293 e. The lowest BCUT2D eigenvalue weighted by Crippen LogP contribution is -2.19. The predicted molar refractivity (Wildman–Crippen MR) is 112 cm³/mol. The average Bonchev–Trinajstić information content (AvgIpc) is 3.40. The van der Waals surface area contributed by atoms with Crippen LogP contribution in [0.15, 0.2) is 63.5 Å². The molecule has 0 aliphatic rings. The van der Waals surface area contributed by atoms with E-state index in [-0.39, 0.29) is 19.1 Å². The summed E-state index contributed by atoms with van der Waals surface area (Å²) in [6.45, 7) is 4.16. The number of ether oxygens (including phenoxy) is 2. The van der Waals surface area contributed by atoms with Gasteiger partial charge in [0.15, 0.2) is 12.4 Å². The number of nitrogens with zero attached hydrogens (tertiary/aromatic N) is 2. The van der Waals surface area contributed by atoms with Crippen molar-refractivity contribution in [3.05, 3.63) is 71.5 Å². The van der Waals surface area contributed by atoms with Crippen molar-refractivity contribution in [2.24, 2.45) is 5.73 Å². The zero-order valence-electron chi connectivity index (χ0n) is 17.1. The molecule has 8 heteroatoms. The molecule has 0 unspecified atom stereocenters. The van der Waals surface area contributed by atoms with Crippen LogP contribution in [0.1, 0.15) is 16.9 Å². The number of benzene rings is 2. The number of primary amides is 1. The molecule has 158 valence electrons. The zero-order valence-corrected chi connectivity index (χ0v) is 17.1. The summed E-state index contributed by atoms with van der Waals surface area (Å²) in [5.41, 5.74) is 8.08. The SMILES string of the molecule is Cc1cc(C)cc(OCc2ccc(-c3nc(-c4ccc(OCC(N)=O)cc4)no3)o2)c1. The van der Waals surface area contributed by atoms with Gasteiger partial charge in [-0.05, 0) is 73.5 Å². The molecule has 0 bridgehead atoms. The molecular formula is C23H21N3O5. The van der Waals surface area contributed by atoms with Crippen molar-refractivity contribution in [2.75, 3.05) is 6.61 Å². The molecule has 8 nitrogen and oxygen atoms in total. The van der Waals surface area contributed by atoms with E-state index in [1.807, 2.05) is 32.0 Å². The van der Waals surface area contributed by atoms with Crippen LogP contribution in [-0.4, -0.2) is 22.7 Å². The molecule has 4 aromatic rings. The van der Waals surface area contributed by atoms with Crippen LogP contribution in [0, 0.1) is 13.8 Å². The van der Waals surface area contributed by atoms with Crippen molar-refractivity contribution < 1.29 is 23.2 Å². The fourth-order valence-electron chi connectivity index (χ4n) is 3.04. The molecule has 1 amide bonds. The Morgan fingerprint density at radius 2 is 1.71 bits per heavy atom. The van der Waals surface area contributed by atoms with Crippen molar-refractivity contribution in [1.82, 2.24) is 10.1 Å². The lowest BCUT2D eigenvalue weighted by Gasteiger charge is -2.06. The molecule has 0 fully saturated rings. The number of carbonyl (C=O) groups excluding carboxylic acids is 1. The molecule has 31 heavy (non-hydrogen) atoms. The molecule has 0 aliphatic carbocycles. The van der Waals surface area contributed by atoms with Crippen molar-refractivity contribution >= 4 is 5.91 Å². The number of hydrogen-bond donors (Lipinski definition) is 1. The minimum Gasteiger partial charge on any atom is -0.486 e. The molecule has 0 atom stereocenters.